The molecule has 4 rings (SSSR count). The molecular formula is C20H16N2O2. The van der Waals surface area contributed by atoms with Crippen LogP contribution in [0.25, 0.3) is 22.8 Å². The Kier molecular flexibility index (Phi) is 3.43. The third-order valence-corrected chi connectivity index (χ3v) is 4.15. The lowest BCUT2D eigenvalue weighted by Crippen LogP contribution is -2.03. The molecule has 2 heterocycles. The molecule has 0 saturated carbocycles. The molecule has 0 aliphatic carbocycles. The van der Waals surface area contributed by atoms with Crippen molar-refractivity contribution >= 4 is 23.2 Å². The van der Waals surface area contributed by atoms with E-state index < -0.39 is 0 Å². The van der Waals surface area contributed by atoms with E-state index in [1.165, 1.54) is 0 Å². The number of H-pyrrole nitrogens is 1. The van der Waals surface area contributed by atoms with E-state index in [0.717, 1.165) is 33.8 Å². The van der Waals surface area contributed by atoms with E-state index >= 15 is 0 Å². The van der Waals surface area contributed by atoms with Gasteiger partial charge in [-0.2, -0.15) is 0 Å². The summed E-state index contributed by atoms with van der Waals surface area (Å²) < 4.78 is 5.50. The van der Waals surface area contributed by atoms with E-state index in [1.54, 1.807) is 7.11 Å². The molecule has 3 aromatic rings. The van der Waals surface area contributed by atoms with E-state index in [0.29, 0.717) is 5.57 Å². The molecule has 0 spiro atoms. The fraction of sp³-hybridized carbons (Fsp3) is 0.0500. The molecule has 2 N–H and O–H groups in total. The standard InChI is InChI=1S/C20H16N2O2/c1-24-18-10-3-2-7-14(18)15-8-4-9-17-19(15)16(20(23)22-17)12-13-6-5-11-21-13/h2-12,21H,1H3,(H,22,23)/b16-12-. The molecule has 0 bridgehead atoms. The Balaban J connectivity index is 1.94. The van der Waals surface area contributed by atoms with Gasteiger partial charge in [-0.3, -0.25) is 4.79 Å². The lowest BCUT2D eigenvalue weighted by Gasteiger charge is -2.12. The van der Waals surface area contributed by atoms with Gasteiger partial charge in [0.05, 0.1) is 12.7 Å². The summed E-state index contributed by atoms with van der Waals surface area (Å²) in [6.45, 7) is 0. The average Bonchev–Trinajstić information content (AvgIpc) is 3.23. The number of methoxy groups -OCH3 is 1. The maximum absolute atomic E-state index is 12.5. The van der Waals surface area contributed by atoms with E-state index in [1.807, 2.05) is 66.9 Å². The molecule has 2 aromatic carbocycles. The summed E-state index contributed by atoms with van der Waals surface area (Å²) in [5, 5.41) is 2.95. The Morgan fingerprint density at radius 1 is 0.958 bits per heavy atom. The number of anilines is 1. The predicted octanol–water partition coefficient (Wildman–Crippen LogP) is 4.18. The first-order chi connectivity index (χ1) is 11.8. The van der Waals surface area contributed by atoms with Crippen LogP contribution in [0, 0.1) is 0 Å². The van der Waals surface area contributed by atoms with Crippen LogP contribution in [0.2, 0.25) is 0 Å². The Morgan fingerprint density at radius 2 is 1.79 bits per heavy atom. The molecule has 1 amide bonds. The van der Waals surface area contributed by atoms with Crippen molar-refractivity contribution in [1.82, 2.24) is 4.98 Å². The van der Waals surface area contributed by atoms with Crippen LogP contribution in [0.4, 0.5) is 5.69 Å². The lowest BCUT2D eigenvalue weighted by molar-refractivity contribution is -0.110. The van der Waals surface area contributed by atoms with E-state index in [2.05, 4.69) is 10.3 Å². The number of amides is 1. The third kappa shape index (κ3) is 2.29. The van der Waals surface area contributed by atoms with Crippen LogP contribution in [0.1, 0.15) is 11.3 Å². The fourth-order valence-corrected chi connectivity index (χ4v) is 3.07. The van der Waals surface area contributed by atoms with E-state index in [-0.39, 0.29) is 5.91 Å². The van der Waals surface area contributed by atoms with Crippen molar-refractivity contribution in [1.29, 1.82) is 0 Å². The van der Waals surface area contributed by atoms with Crippen molar-refractivity contribution in [3.8, 4) is 16.9 Å². The number of hydrogen-bond acceptors (Lipinski definition) is 2. The van der Waals surface area contributed by atoms with Gasteiger partial charge in [-0.25, -0.2) is 0 Å². The SMILES string of the molecule is COc1ccccc1-c1cccc2c1/C(=C/c1ccc[nH]1)C(=O)N2. The molecule has 1 aromatic heterocycles. The van der Waals surface area contributed by atoms with Crippen LogP contribution in [0.3, 0.4) is 0 Å². The summed E-state index contributed by atoms with van der Waals surface area (Å²) in [6, 6.07) is 17.5. The van der Waals surface area contributed by atoms with Gasteiger partial charge in [0.2, 0.25) is 0 Å². The third-order valence-electron chi connectivity index (χ3n) is 4.15. The molecule has 0 radical (unpaired) electrons. The summed E-state index contributed by atoms with van der Waals surface area (Å²) in [4.78, 5) is 15.6. The number of carbonyl (C=O) groups is 1. The average molecular weight is 316 g/mol. The predicted molar refractivity (Wildman–Crippen MR) is 95.7 cm³/mol. The first-order valence-corrected chi connectivity index (χ1v) is 7.71. The van der Waals surface area contributed by atoms with Crippen molar-refractivity contribution in [3.05, 3.63) is 72.1 Å². The number of aromatic amines is 1. The van der Waals surface area contributed by atoms with Gasteiger partial charge in [-0.05, 0) is 35.9 Å². The lowest BCUT2D eigenvalue weighted by atomic mass is 9.94. The molecule has 0 saturated heterocycles. The van der Waals surface area contributed by atoms with Crippen molar-refractivity contribution in [3.63, 3.8) is 0 Å². The van der Waals surface area contributed by atoms with Crippen molar-refractivity contribution in [2.24, 2.45) is 0 Å². The van der Waals surface area contributed by atoms with Crippen molar-refractivity contribution < 1.29 is 9.53 Å². The Morgan fingerprint density at radius 3 is 2.58 bits per heavy atom. The minimum absolute atomic E-state index is 0.0954. The second-order valence-electron chi connectivity index (χ2n) is 5.57. The van der Waals surface area contributed by atoms with E-state index in [4.69, 9.17) is 4.74 Å². The number of fused-ring (bicyclic) bond motifs is 1. The number of benzene rings is 2. The quantitative estimate of drug-likeness (QED) is 0.712. The highest BCUT2D eigenvalue weighted by Crippen LogP contribution is 2.42. The number of aromatic nitrogens is 1. The summed E-state index contributed by atoms with van der Waals surface area (Å²) in [5.74, 6) is 0.687. The van der Waals surface area contributed by atoms with Gasteiger partial charge in [0.25, 0.3) is 5.91 Å². The Hall–Kier alpha value is -3.27. The molecule has 24 heavy (non-hydrogen) atoms. The van der Waals surface area contributed by atoms with Crippen molar-refractivity contribution in [2.75, 3.05) is 12.4 Å². The summed E-state index contributed by atoms with van der Waals surface area (Å²) in [5.41, 5.74) is 5.20. The maximum atomic E-state index is 12.5. The molecule has 4 nitrogen and oxygen atoms in total. The van der Waals surface area contributed by atoms with Gasteiger partial charge < -0.3 is 15.0 Å². The Bertz CT molecular complexity index is 940. The van der Waals surface area contributed by atoms with Crippen LogP contribution in [-0.4, -0.2) is 18.0 Å². The highest BCUT2D eigenvalue weighted by Gasteiger charge is 2.28. The van der Waals surface area contributed by atoms with Gasteiger partial charge in [0, 0.05) is 28.7 Å². The zero-order valence-electron chi connectivity index (χ0n) is 13.2. The van der Waals surface area contributed by atoms with Crippen LogP contribution in [0.15, 0.2) is 60.8 Å². The zero-order valence-corrected chi connectivity index (χ0v) is 13.2. The maximum Gasteiger partial charge on any atom is 0.256 e. The topological polar surface area (TPSA) is 54.1 Å². The smallest absolute Gasteiger partial charge is 0.256 e. The molecular weight excluding hydrogens is 300 g/mol. The fourth-order valence-electron chi connectivity index (χ4n) is 3.07. The monoisotopic (exact) mass is 316 g/mol. The first-order valence-electron chi connectivity index (χ1n) is 7.71. The van der Waals surface area contributed by atoms with Crippen LogP contribution >= 0.6 is 0 Å². The number of carbonyl (C=O) groups excluding carboxylic acids is 1. The Labute approximate surface area is 139 Å². The molecule has 1 aliphatic heterocycles. The number of nitrogens with one attached hydrogen (secondary N) is 2. The van der Waals surface area contributed by atoms with E-state index in [9.17, 15) is 4.79 Å². The molecule has 0 unspecified atom stereocenters. The molecule has 1 aliphatic rings. The van der Waals surface area contributed by atoms with Crippen molar-refractivity contribution in [2.45, 2.75) is 0 Å². The minimum Gasteiger partial charge on any atom is -0.496 e. The first kappa shape index (κ1) is 14.3. The van der Waals surface area contributed by atoms with Crippen LogP contribution in [0.5, 0.6) is 5.75 Å². The largest absolute Gasteiger partial charge is 0.496 e. The highest BCUT2D eigenvalue weighted by atomic mass is 16.5. The normalized spacial score (nSPS) is 14.5. The minimum atomic E-state index is -0.0954. The zero-order chi connectivity index (χ0) is 16.5. The molecule has 4 heteroatoms. The summed E-state index contributed by atoms with van der Waals surface area (Å²) >= 11 is 0. The second-order valence-corrected chi connectivity index (χ2v) is 5.57. The number of ether oxygens (including phenoxy) is 1. The number of para-hydroxylation sites is 1. The van der Waals surface area contributed by atoms with Gasteiger partial charge in [0.1, 0.15) is 5.75 Å². The van der Waals surface area contributed by atoms with Crippen LogP contribution < -0.4 is 10.1 Å². The molecule has 0 fully saturated rings. The number of hydrogen-bond donors (Lipinski definition) is 2. The number of rotatable bonds is 3. The molecule has 118 valence electrons. The highest BCUT2D eigenvalue weighted by molar-refractivity contribution is 6.36. The van der Waals surface area contributed by atoms with Gasteiger partial charge in [0.15, 0.2) is 0 Å². The second kappa shape index (κ2) is 5.74. The summed E-state index contributed by atoms with van der Waals surface area (Å²) in [6.07, 6.45) is 3.71. The van der Waals surface area contributed by atoms with Gasteiger partial charge in [-0.15, -0.1) is 0 Å². The van der Waals surface area contributed by atoms with Crippen LogP contribution in [-0.2, 0) is 4.79 Å². The van der Waals surface area contributed by atoms with Gasteiger partial charge >= 0.3 is 0 Å². The molecule has 0 atom stereocenters. The van der Waals surface area contributed by atoms with Gasteiger partial charge in [-0.1, -0.05) is 30.3 Å². The summed E-state index contributed by atoms with van der Waals surface area (Å²) in [7, 11) is 1.65.